The molecule has 782 valence electrons. The molecule has 0 saturated carbocycles. The fourth-order valence-corrected chi connectivity index (χ4v) is 17.3. The van der Waals surface area contributed by atoms with Gasteiger partial charge in [0.05, 0.1) is 88.7 Å². The molecule has 0 radical (unpaired) electrons. The molecule has 0 aromatic heterocycles. The van der Waals surface area contributed by atoms with Gasteiger partial charge in [0, 0.05) is 128 Å². The number of Topliss-reactive ketones (excluding diaryl/α,β-unsaturated/α-hetero) is 1. The second-order valence-corrected chi connectivity index (χ2v) is 37.8. The molecule has 0 spiro atoms. The minimum absolute atomic E-state index is 0. The lowest BCUT2D eigenvalue weighted by Crippen LogP contribution is -2.34. The van der Waals surface area contributed by atoms with E-state index >= 15 is 0 Å². The van der Waals surface area contributed by atoms with Crippen molar-refractivity contribution in [1.82, 2.24) is 10.2 Å². The van der Waals surface area contributed by atoms with Crippen LogP contribution in [0.5, 0.6) is 0 Å². The maximum Gasteiger partial charge on any atom is 0.305 e. The Labute approximate surface area is 870 Å². The number of amides is 3. The number of aliphatic carboxylic acids is 1. The number of alkyl halides is 1. The molecule has 11 aromatic rings. The molecule has 8 aliphatic rings. The lowest BCUT2D eigenvalue weighted by atomic mass is 9.85. The number of imide groups is 1. The van der Waals surface area contributed by atoms with Gasteiger partial charge < -0.3 is 70.0 Å². The van der Waals surface area contributed by atoms with Gasteiger partial charge in [0.25, 0.3) is 5.91 Å². The highest BCUT2D eigenvalue weighted by Gasteiger charge is 2.34. The van der Waals surface area contributed by atoms with Gasteiger partial charge in [0.15, 0.2) is 5.78 Å². The lowest BCUT2D eigenvalue weighted by molar-refractivity contribution is -0.139. The zero-order valence-corrected chi connectivity index (χ0v) is 84.4. The summed E-state index contributed by atoms with van der Waals surface area (Å²) in [6, 6.07) is 90.8. The van der Waals surface area contributed by atoms with Gasteiger partial charge in [-0.2, -0.15) is 0 Å². The average molecular weight is 2000 g/mol. The van der Waals surface area contributed by atoms with Crippen molar-refractivity contribution >= 4 is 41.1 Å². The van der Waals surface area contributed by atoms with Gasteiger partial charge in [-0.1, -0.05) is 340 Å². The van der Waals surface area contributed by atoms with E-state index in [-0.39, 0.29) is 117 Å². The molecular weight excluding hydrogens is 1840 g/mol. The number of aliphatic hydroxyl groups is 2. The van der Waals surface area contributed by atoms with Crippen LogP contribution >= 0.6 is 11.6 Å². The van der Waals surface area contributed by atoms with Crippen LogP contribution in [0.3, 0.4) is 0 Å². The molecular formula is C124H163ClN4O16. The first kappa shape index (κ1) is 121. The normalized spacial score (nSPS) is 16.5. The average Bonchev–Trinajstić information content (AvgIpc) is 1.26. The molecule has 0 bridgehead atoms. The summed E-state index contributed by atoms with van der Waals surface area (Å²) in [6.45, 7) is 25.2. The largest absolute Gasteiger partial charge is 0.481 e. The summed E-state index contributed by atoms with van der Waals surface area (Å²) < 4.78 is 45.2. The number of fused-ring (bicyclic) bond motifs is 7. The molecule has 19 rings (SSSR count). The Morgan fingerprint density at radius 3 is 0.959 bits per heavy atom. The van der Waals surface area contributed by atoms with E-state index in [1.54, 1.807) is 12.1 Å². The first-order valence-electron chi connectivity index (χ1n) is 50.4. The molecule has 7 aliphatic carbocycles. The standard InChI is InChI=1S/C21H25NO2.C21H26O2.C15H17NO3.C11H15NO.C11H12O3.C11H14O2.C10H13Cl.C10H13NO.C10H12O2.4CH4/c1-15(2)16-8-10-17(11-9-16)21(23)22-12-5-13-24-20-14-18-6-3-4-7-19(18)20;1-16(2)18-10-8-17(9-11-18)15-22-12-5-13-23-21-14-19-6-3-4-7-20(19)21;1-10(2)11-3-5-12(6-4-11)13(17)9-16-14(18)7-8-15(16)19;12-6-3-7-13-11-8-9-4-1-2-5-10(9)11;12-11(13)5-6-14-10-7-8-3-1-2-4-9(8)10;12-6-3-7-13-11-8-9-4-1-2-5-10(9)11;1-8(2)10-5-3-9(7-11)4-6-10;2*11-5-6-12-10-7-8-3-1-2-4-9(8)10;;;;/h3-4,6-11,15,20H,5,12-14H2,1-2H3,(H,22,23);3-4,6-11,16,21H,5,12-15H2,1-2H3;3-6,10H,7-9H2,1-2H3;1-2,4-5,11H,3,6-8,12H2;1-4,10H,5-7H2,(H,12,13);1-2,4-5,11-12H,3,6-8H2;3-6,8H,7H2,1-2H3;1-4,10H,5-7,11H2;1-4,10-11H,5-7H2;4*1H4. The van der Waals surface area contributed by atoms with Gasteiger partial charge in [0.1, 0.15) is 0 Å². The minimum Gasteiger partial charge on any atom is -0.481 e. The fourth-order valence-electron chi connectivity index (χ4n) is 17.1. The summed E-state index contributed by atoms with van der Waals surface area (Å²) in [7, 11) is 0. The van der Waals surface area contributed by atoms with Crippen molar-refractivity contribution in [1.29, 1.82) is 0 Å². The maximum atomic E-state index is 12.1. The number of likely N-dealkylation sites (tertiary alicyclic amines) is 1. The Balaban J connectivity index is 0.000000223. The number of benzene rings is 11. The Morgan fingerprint density at radius 1 is 0.352 bits per heavy atom. The van der Waals surface area contributed by atoms with Crippen molar-refractivity contribution in [2.45, 2.75) is 254 Å². The van der Waals surface area contributed by atoms with Gasteiger partial charge in [-0.15, -0.1) is 11.6 Å². The smallest absolute Gasteiger partial charge is 0.305 e. The summed E-state index contributed by atoms with van der Waals surface area (Å²) in [6.07, 6.45) is 12.9. The zero-order valence-electron chi connectivity index (χ0n) is 83.6. The summed E-state index contributed by atoms with van der Waals surface area (Å²) in [5.74, 6) is 1.17. The Bertz CT molecular complexity index is 5500. The predicted molar refractivity (Wildman–Crippen MR) is 586 cm³/mol. The van der Waals surface area contributed by atoms with Gasteiger partial charge in [0.2, 0.25) is 11.8 Å². The number of carbonyl (C=O) groups excluding carboxylic acids is 4. The van der Waals surface area contributed by atoms with E-state index in [0.29, 0.717) is 118 Å². The molecule has 1 aliphatic heterocycles. The van der Waals surface area contributed by atoms with Crippen LogP contribution in [0.4, 0.5) is 0 Å². The third kappa shape index (κ3) is 37.7. The monoisotopic (exact) mass is 2000 g/mol. The van der Waals surface area contributed by atoms with E-state index in [1.807, 2.05) is 72.8 Å². The minimum atomic E-state index is -0.808. The number of hydrogen-bond acceptors (Lipinski definition) is 17. The summed E-state index contributed by atoms with van der Waals surface area (Å²) >= 11 is 5.66. The van der Waals surface area contributed by atoms with Crippen molar-refractivity contribution < 1.29 is 77.2 Å². The molecule has 1 saturated heterocycles. The number of ketones is 1. The van der Waals surface area contributed by atoms with Crippen LogP contribution in [0.1, 0.15) is 328 Å². The molecule has 1 fully saturated rings. The number of nitrogens with zero attached hydrogens (tertiary/aromatic N) is 1. The maximum absolute atomic E-state index is 12.1. The van der Waals surface area contributed by atoms with Crippen LogP contribution in [-0.4, -0.2) is 142 Å². The van der Waals surface area contributed by atoms with Crippen molar-refractivity contribution in [2.24, 2.45) is 11.5 Å². The SMILES string of the molecule is C.C.C.C.CC(C)c1ccc(C(=O)CN2C(=O)CCC2=O)cc1.CC(C)c1ccc(C(=O)NCCCOC2Cc3ccccc32)cc1.CC(C)c1ccc(CCl)cc1.CC(C)c1ccc(COCCCOC2Cc3ccccc32)cc1.NCCCOC1Cc2ccccc21.NCCOC1Cc2ccccc21.O=C(O)CCOC1Cc2ccccc21.OCCCOC1Cc2ccccc21.OCCOC1Cc2ccccc21. The Hall–Kier alpha value is -11.0. The van der Waals surface area contributed by atoms with Gasteiger partial charge in [-0.05, 0) is 179 Å². The number of rotatable bonds is 39. The van der Waals surface area contributed by atoms with Crippen LogP contribution in [0, 0.1) is 0 Å². The third-order valence-electron chi connectivity index (χ3n) is 26.0. The molecule has 8 N–H and O–H groups in total. The molecule has 20 nitrogen and oxygen atoms in total. The number of halogens is 1. The number of ether oxygens (including phenoxy) is 8. The second-order valence-electron chi connectivity index (χ2n) is 37.5. The van der Waals surface area contributed by atoms with Crippen LogP contribution in [0.15, 0.2) is 267 Å². The topological polar surface area (TPSA) is 287 Å². The molecule has 21 heteroatoms. The third-order valence-corrected chi connectivity index (χ3v) is 26.3. The van der Waals surface area contributed by atoms with Crippen molar-refractivity contribution in [3.8, 4) is 0 Å². The number of carboxylic acid groups (broad SMARTS) is 1. The summed E-state index contributed by atoms with van der Waals surface area (Å²) in [5.41, 5.74) is 38.5. The van der Waals surface area contributed by atoms with Crippen LogP contribution in [0.2, 0.25) is 0 Å². The first-order valence-corrected chi connectivity index (χ1v) is 50.9. The number of hydrogen-bond donors (Lipinski definition) is 6. The fraction of sp³-hybridized carbons (Fsp3) is 0.427. The quantitative estimate of drug-likeness (QED) is 0.00903. The number of carbonyl (C=O) groups is 5. The van der Waals surface area contributed by atoms with E-state index in [4.69, 9.17) is 76.3 Å². The summed E-state index contributed by atoms with van der Waals surface area (Å²) in [4.78, 5) is 58.3. The first-order chi connectivity index (χ1) is 68.5. The van der Waals surface area contributed by atoms with Crippen LogP contribution in [0.25, 0.3) is 0 Å². The van der Waals surface area contributed by atoms with Crippen molar-refractivity contribution in [3.63, 3.8) is 0 Å². The van der Waals surface area contributed by atoms with Crippen LogP contribution < -0.4 is 16.8 Å². The Kier molecular flexibility index (Phi) is 54.1. The molecule has 145 heavy (non-hydrogen) atoms. The van der Waals surface area contributed by atoms with E-state index in [1.165, 1.54) is 106 Å². The van der Waals surface area contributed by atoms with Gasteiger partial charge >= 0.3 is 5.97 Å². The molecule has 7 atom stereocenters. The predicted octanol–water partition coefficient (Wildman–Crippen LogP) is 25.2. The molecule has 3 amide bonds. The zero-order chi connectivity index (χ0) is 100. The summed E-state index contributed by atoms with van der Waals surface area (Å²) in [5, 5.41) is 28.5. The van der Waals surface area contributed by atoms with E-state index < -0.39 is 5.97 Å². The highest BCUT2D eigenvalue weighted by molar-refractivity contribution is 6.17. The molecule has 7 unspecified atom stereocenters. The number of carboxylic acids is 1. The lowest BCUT2D eigenvalue weighted by Gasteiger charge is -2.29. The van der Waals surface area contributed by atoms with E-state index in [9.17, 15) is 24.0 Å². The van der Waals surface area contributed by atoms with Crippen LogP contribution in [-0.2, 0) is 110 Å². The Morgan fingerprint density at radius 2 is 0.648 bits per heavy atom. The molecule has 1 heterocycles. The van der Waals surface area contributed by atoms with Crippen molar-refractivity contribution in [3.05, 3.63) is 389 Å². The van der Waals surface area contributed by atoms with Gasteiger partial charge in [-0.25, -0.2) is 0 Å². The highest BCUT2D eigenvalue weighted by Crippen LogP contribution is 2.42. The van der Waals surface area contributed by atoms with E-state index in [0.717, 1.165) is 101 Å². The number of aliphatic hydroxyl groups excluding tert-OH is 2. The molecule has 11 aromatic carbocycles. The number of nitrogens with two attached hydrogens (primary N) is 2. The highest BCUT2D eigenvalue weighted by atomic mass is 35.5. The van der Waals surface area contributed by atoms with Gasteiger partial charge in [-0.3, -0.25) is 28.9 Å². The number of nitrogens with one attached hydrogen (secondary N) is 1. The second kappa shape index (κ2) is 64.9. The van der Waals surface area contributed by atoms with Crippen molar-refractivity contribution in [2.75, 3.05) is 92.2 Å². The van der Waals surface area contributed by atoms with E-state index in [2.05, 4.69) is 243 Å².